The number of hydrogen-bond acceptors (Lipinski definition) is 3. The molecule has 0 bridgehead atoms. The Balaban J connectivity index is 2.98. The predicted octanol–water partition coefficient (Wildman–Crippen LogP) is 1.02. The van der Waals surface area contributed by atoms with Crippen LogP contribution in [0.15, 0.2) is 18.3 Å². The van der Waals surface area contributed by atoms with Gasteiger partial charge in [-0.2, -0.15) is 0 Å². The largest absolute Gasteiger partial charge is 0.391 e. The lowest BCUT2D eigenvalue weighted by atomic mass is 10.0. The highest BCUT2D eigenvalue weighted by atomic mass is 16.3. The smallest absolute Gasteiger partial charge is 0.0733 e. The molecular formula is C10H16N2O. The third kappa shape index (κ3) is 2.26. The van der Waals surface area contributed by atoms with Crippen LogP contribution in [0.1, 0.15) is 31.1 Å². The third-order valence-corrected chi connectivity index (χ3v) is 2.14. The van der Waals surface area contributed by atoms with Gasteiger partial charge in [0.15, 0.2) is 0 Å². The molecule has 72 valence electrons. The molecule has 13 heavy (non-hydrogen) atoms. The van der Waals surface area contributed by atoms with E-state index in [1.165, 1.54) is 0 Å². The van der Waals surface area contributed by atoms with Crippen LogP contribution in [0.4, 0.5) is 0 Å². The van der Waals surface area contributed by atoms with Gasteiger partial charge in [-0.15, -0.1) is 0 Å². The Bertz CT molecular complexity index is 273. The van der Waals surface area contributed by atoms with E-state index in [0.717, 1.165) is 17.7 Å². The average Bonchev–Trinajstić information content (AvgIpc) is 2.16. The van der Waals surface area contributed by atoms with Gasteiger partial charge < -0.3 is 10.8 Å². The fourth-order valence-electron chi connectivity index (χ4n) is 1.28. The van der Waals surface area contributed by atoms with Crippen molar-refractivity contribution in [3.8, 4) is 0 Å². The molecule has 0 radical (unpaired) electrons. The second-order valence-electron chi connectivity index (χ2n) is 3.17. The highest BCUT2D eigenvalue weighted by Gasteiger charge is 2.15. The molecule has 2 atom stereocenters. The minimum absolute atomic E-state index is 0.379. The van der Waals surface area contributed by atoms with Crippen molar-refractivity contribution in [1.29, 1.82) is 0 Å². The van der Waals surface area contributed by atoms with Crippen molar-refractivity contribution in [2.24, 2.45) is 5.73 Å². The monoisotopic (exact) mass is 180 g/mol. The Morgan fingerprint density at radius 1 is 1.62 bits per heavy atom. The zero-order chi connectivity index (χ0) is 9.84. The van der Waals surface area contributed by atoms with Gasteiger partial charge in [-0.05, 0) is 25.0 Å². The second kappa shape index (κ2) is 4.35. The molecule has 0 spiro atoms. The molecule has 1 aromatic rings. The topological polar surface area (TPSA) is 59.1 Å². The molecule has 0 saturated heterocycles. The normalized spacial score (nSPS) is 15.4. The molecule has 1 rings (SSSR count). The summed E-state index contributed by atoms with van der Waals surface area (Å²) in [5.41, 5.74) is 7.71. The molecule has 0 saturated carbocycles. The van der Waals surface area contributed by atoms with Crippen molar-refractivity contribution in [2.75, 3.05) is 0 Å². The summed E-state index contributed by atoms with van der Waals surface area (Å²) >= 11 is 0. The van der Waals surface area contributed by atoms with Gasteiger partial charge in [-0.1, -0.05) is 13.0 Å². The molecule has 3 nitrogen and oxygen atoms in total. The van der Waals surface area contributed by atoms with E-state index in [-0.39, 0.29) is 6.04 Å². The van der Waals surface area contributed by atoms with Crippen molar-refractivity contribution in [1.82, 2.24) is 4.98 Å². The standard InChI is InChI=1S/C10H16N2O/c1-3-8-5-4-6-12-10(8)9(11)7(2)13/h4-7,9,13H,3,11H2,1-2H3/t7-,9-/m1/s1. The van der Waals surface area contributed by atoms with Crippen molar-refractivity contribution in [2.45, 2.75) is 32.4 Å². The first kappa shape index (κ1) is 10.2. The Kier molecular flexibility index (Phi) is 3.39. The minimum atomic E-state index is -0.555. The van der Waals surface area contributed by atoms with Crippen LogP contribution in [0.25, 0.3) is 0 Å². The van der Waals surface area contributed by atoms with E-state index >= 15 is 0 Å². The number of rotatable bonds is 3. The molecule has 0 aliphatic rings. The SMILES string of the molecule is CCc1cccnc1[C@H](N)[C@@H](C)O. The Labute approximate surface area is 78.6 Å². The quantitative estimate of drug-likeness (QED) is 0.730. The number of hydrogen-bond donors (Lipinski definition) is 2. The maximum atomic E-state index is 9.33. The fourth-order valence-corrected chi connectivity index (χ4v) is 1.28. The first-order valence-electron chi connectivity index (χ1n) is 4.54. The van der Waals surface area contributed by atoms with Crippen molar-refractivity contribution < 1.29 is 5.11 Å². The summed E-state index contributed by atoms with van der Waals surface area (Å²) in [4.78, 5) is 4.19. The van der Waals surface area contributed by atoms with Crippen molar-refractivity contribution >= 4 is 0 Å². The summed E-state index contributed by atoms with van der Waals surface area (Å²) in [5, 5.41) is 9.33. The number of pyridine rings is 1. The molecule has 0 aliphatic carbocycles. The van der Waals surface area contributed by atoms with Crippen LogP contribution >= 0.6 is 0 Å². The maximum absolute atomic E-state index is 9.33. The first-order chi connectivity index (χ1) is 6.16. The third-order valence-electron chi connectivity index (χ3n) is 2.14. The molecule has 1 heterocycles. The highest BCUT2D eigenvalue weighted by Crippen LogP contribution is 2.16. The summed E-state index contributed by atoms with van der Waals surface area (Å²) in [6.45, 7) is 3.73. The Morgan fingerprint density at radius 3 is 2.85 bits per heavy atom. The Morgan fingerprint density at radius 2 is 2.31 bits per heavy atom. The minimum Gasteiger partial charge on any atom is -0.391 e. The van der Waals surface area contributed by atoms with E-state index < -0.39 is 6.10 Å². The fraction of sp³-hybridized carbons (Fsp3) is 0.500. The van der Waals surface area contributed by atoms with Crippen LogP contribution in [0.2, 0.25) is 0 Å². The van der Waals surface area contributed by atoms with Crippen LogP contribution in [-0.2, 0) is 6.42 Å². The van der Waals surface area contributed by atoms with Crippen LogP contribution < -0.4 is 5.73 Å². The molecule has 0 aromatic carbocycles. The van der Waals surface area contributed by atoms with E-state index in [2.05, 4.69) is 11.9 Å². The van der Waals surface area contributed by atoms with E-state index in [1.807, 2.05) is 12.1 Å². The number of nitrogens with two attached hydrogens (primary N) is 1. The molecule has 0 unspecified atom stereocenters. The zero-order valence-corrected chi connectivity index (χ0v) is 8.07. The van der Waals surface area contributed by atoms with E-state index in [9.17, 15) is 5.11 Å². The van der Waals surface area contributed by atoms with Crippen LogP contribution in [0.3, 0.4) is 0 Å². The van der Waals surface area contributed by atoms with Gasteiger partial charge in [-0.3, -0.25) is 4.98 Å². The molecule has 0 aliphatic heterocycles. The first-order valence-corrected chi connectivity index (χ1v) is 4.54. The molecule has 0 amide bonds. The lowest BCUT2D eigenvalue weighted by Gasteiger charge is -2.16. The van der Waals surface area contributed by atoms with Crippen molar-refractivity contribution in [3.05, 3.63) is 29.6 Å². The van der Waals surface area contributed by atoms with Gasteiger partial charge in [0.25, 0.3) is 0 Å². The van der Waals surface area contributed by atoms with Gasteiger partial charge >= 0.3 is 0 Å². The summed E-state index contributed by atoms with van der Waals surface area (Å²) in [7, 11) is 0. The Hall–Kier alpha value is -0.930. The lowest BCUT2D eigenvalue weighted by molar-refractivity contribution is 0.162. The van der Waals surface area contributed by atoms with Gasteiger partial charge in [0.1, 0.15) is 0 Å². The van der Waals surface area contributed by atoms with Crippen LogP contribution in [0, 0.1) is 0 Å². The number of aliphatic hydroxyl groups is 1. The highest BCUT2D eigenvalue weighted by molar-refractivity contribution is 5.23. The van der Waals surface area contributed by atoms with E-state index in [1.54, 1.807) is 13.1 Å². The summed E-state index contributed by atoms with van der Waals surface area (Å²) < 4.78 is 0. The maximum Gasteiger partial charge on any atom is 0.0733 e. The van der Waals surface area contributed by atoms with Gasteiger partial charge in [0.2, 0.25) is 0 Å². The summed E-state index contributed by atoms with van der Waals surface area (Å²) in [6, 6.07) is 3.50. The number of aromatic nitrogens is 1. The molecule has 1 aromatic heterocycles. The van der Waals surface area contributed by atoms with Crippen LogP contribution in [0.5, 0.6) is 0 Å². The molecular weight excluding hydrogens is 164 g/mol. The van der Waals surface area contributed by atoms with Crippen molar-refractivity contribution in [3.63, 3.8) is 0 Å². The summed E-state index contributed by atoms with van der Waals surface area (Å²) in [6.07, 6.45) is 2.04. The molecule has 0 fully saturated rings. The zero-order valence-electron chi connectivity index (χ0n) is 8.07. The van der Waals surface area contributed by atoms with Gasteiger partial charge in [0, 0.05) is 6.20 Å². The van der Waals surface area contributed by atoms with E-state index in [0.29, 0.717) is 0 Å². The molecule has 3 heteroatoms. The summed E-state index contributed by atoms with van der Waals surface area (Å²) in [5.74, 6) is 0. The van der Waals surface area contributed by atoms with Gasteiger partial charge in [0.05, 0.1) is 17.8 Å². The number of aryl methyl sites for hydroxylation is 1. The van der Waals surface area contributed by atoms with Crippen LogP contribution in [-0.4, -0.2) is 16.2 Å². The van der Waals surface area contributed by atoms with E-state index in [4.69, 9.17) is 5.73 Å². The number of nitrogens with zero attached hydrogens (tertiary/aromatic N) is 1. The number of aliphatic hydroxyl groups excluding tert-OH is 1. The average molecular weight is 180 g/mol. The lowest BCUT2D eigenvalue weighted by Crippen LogP contribution is -2.25. The predicted molar refractivity (Wildman–Crippen MR) is 52.2 cm³/mol. The van der Waals surface area contributed by atoms with Gasteiger partial charge in [-0.25, -0.2) is 0 Å². The second-order valence-corrected chi connectivity index (χ2v) is 3.17. The molecule has 3 N–H and O–H groups in total.